The maximum absolute atomic E-state index is 12.1. The van der Waals surface area contributed by atoms with Crippen molar-refractivity contribution in [2.24, 2.45) is 0 Å². The zero-order chi connectivity index (χ0) is 14.9. The van der Waals surface area contributed by atoms with Gasteiger partial charge < -0.3 is 15.2 Å². The molecule has 2 heterocycles. The van der Waals surface area contributed by atoms with Gasteiger partial charge in [0, 0.05) is 0 Å². The summed E-state index contributed by atoms with van der Waals surface area (Å²) < 4.78 is 11.5. The molecule has 1 aromatic heterocycles. The fraction of sp³-hybridized carbons (Fsp3) is 0.625. The Balaban J connectivity index is 1.56. The molecule has 0 radical (unpaired) electrons. The van der Waals surface area contributed by atoms with Gasteiger partial charge in [-0.3, -0.25) is 4.98 Å². The second-order valence-electron chi connectivity index (χ2n) is 6.17. The number of aromatic nitrogens is 1. The number of nitrogen functional groups attached to an aromatic ring is 1. The van der Waals surface area contributed by atoms with Crippen LogP contribution >= 0.6 is 0 Å². The summed E-state index contributed by atoms with van der Waals surface area (Å²) in [5, 5.41) is 0. The first-order valence-corrected chi connectivity index (χ1v) is 7.65. The Bertz CT molecular complexity index is 538. The van der Waals surface area contributed by atoms with Crippen molar-refractivity contribution >= 4 is 11.7 Å². The third-order valence-corrected chi connectivity index (χ3v) is 4.58. The lowest BCUT2D eigenvalue weighted by atomic mass is 9.98. The van der Waals surface area contributed by atoms with Gasteiger partial charge in [0.25, 0.3) is 0 Å². The highest BCUT2D eigenvalue weighted by Crippen LogP contribution is 2.43. The Morgan fingerprint density at radius 1 is 1.48 bits per heavy atom. The van der Waals surface area contributed by atoms with Gasteiger partial charge in [0.1, 0.15) is 6.61 Å². The molecule has 1 aliphatic heterocycles. The van der Waals surface area contributed by atoms with E-state index in [0.29, 0.717) is 23.6 Å². The summed E-state index contributed by atoms with van der Waals surface area (Å²) >= 11 is 0. The van der Waals surface area contributed by atoms with Crippen LogP contribution in [0.2, 0.25) is 0 Å². The lowest BCUT2D eigenvalue weighted by molar-refractivity contribution is -0.0598. The molecule has 21 heavy (non-hydrogen) atoms. The van der Waals surface area contributed by atoms with Crippen molar-refractivity contribution in [3.05, 3.63) is 23.5 Å². The fourth-order valence-electron chi connectivity index (χ4n) is 3.40. The maximum Gasteiger partial charge on any atom is 0.340 e. The molecule has 0 aromatic carbocycles. The molecular weight excluding hydrogens is 268 g/mol. The molecule has 2 fully saturated rings. The monoisotopic (exact) mass is 290 g/mol. The van der Waals surface area contributed by atoms with Crippen LogP contribution in [0.15, 0.2) is 12.3 Å². The number of rotatable bonds is 3. The number of esters is 1. The Labute approximate surface area is 124 Å². The number of pyridine rings is 1. The van der Waals surface area contributed by atoms with E-state index >= 15 is 0 Å². The van der Waals surface area contributed by atoms with Crippen LogP contribution in [0.4, 0.5) is 5.69 Å². The molecule has 0 bridgehead atoms. The van der Waals surface area contributed by atoms with Crippen molar-refractivity contribution < 1.29 is 14.3 Å². The van der Waals surface area contributed by atoms with Crippen LogP contribution in [0.25, 0.3) is 0 Å². The molecule has 1 saturated carbocycles. The van der Waals surface area contributed by atoms with E-state index in [0.717, 1.165) is 25.7 Å². The number of hydrogen-bond acceptors (Lipinski definition) is 5. The summed E-state index contributed by atoms with van der Waals surface area (Å²) in [7, 11) is 0. The molecule has 3 rings (SSSR count). The van der Waals surface area contributed by atoms with Gasteiger partial charge in [-0.25, -0.2) is 4.79 Å². The lowest BCUT2D eigenvalue weighted by Crippen LogP contribution is -2.27. The topological polar surface area (TPSA) is 74.4 Å². The predicted molar refractivity (Wildman–Crippen MR) is 79.0 cm³/mol. The average Bonchev–Trinajstić information content (AvgIpc) is 3.09. The van der Waals surface area contributed by atoms with Crippen molar-refractivity contribution in [3.8, 4) is 0 Å². The van der Waals surface area contributed by atoms with Crippen LogP contribution in [0.3, 0.4) is 0 Å². The molecule has 2 N–H and O–H groups in total. The van der Waals surface area contributed by atoms with Gasteiger partial charge in [-0.15, -0.1) is 0 Å². The van der Waals surface area contributed by atoms with E-state index in [9.17, 15) is 4.79 Å². The van der Waals surface area contributed by atoms with Gasteiger partial charge in [-0.05, 0) is 38.7 Å². The number of ether oxygens (including phenoxy) is 2. The van der Waals surface area contributed by atoms with Crippen LogP contribution in [-0.2, 0) is 9.47 Å². The molecule has 1 atom stereocenters. The van der Waals surface area contributed by atoms with E-state index in [-0.39, 0.29) is 17.7 Å². The summed E-state index contributed by atoms with van der Waals surface area (Å²) in [6.45, 7) is 2.09. The first kappa shape index (κ1) is 14.3. The number of nitrogens with two attached hydrogens (primary N) is 1. The quantitative estimate of drug-likeness (QED) is 0.866. The first-order valence-electron chi connectivity index (χ1n) is 7.65. The Hall–Kier alpha value is -1.62. The van der Waals surface area contributed by atoms with Crippen molar-refractivity contribution in [2.75, 3.05) is 12.3 Å². The molecule has 1 saturated heterocycles. The third kappa shape index (κ3) is 3.02. The van der Waals surface area contributed by atoms with Gasteiger partial charge in [-0.1, -0.05) is 12.8 Å². The molecule has 1 unspecified atom stereocenters. The summed E-state index contributed by atoms with van der Waals surface area (Å²) in [6.07, 6.45) is 8.43. The maximum atomic E-state index is 12.1. The first-order chi connectivity index (χ1) is 10.1. The number of hydrogen-bond donors (Lipinski definition) is 1. The average molecular weight is 290 g/mol. The standard InChI is InChI=1S/C16H22N2O3/c1-11-14(8-12(17)9-18-11)15(19)20-10-13-4-7-16(21-13)5-2-3-6-16/h8-9,13H,2-7,10,17H2,1H3. The highest BCUT2D eigenvalue weighted by Gasteiger charge is 2.42. The number of aryl methyl sites for hydroxylation is 1. The molecule has 114 valence electrons. The summed E-state index contributed by atoms with van der Waals surface area (Å²) in [4.78, 5) is 16.2. The summed E-state index contributed by atoms with van der Waals surface area (Å²) in [6, 6.07) is 1.61. The third-order valence-electron chi connectivity index (χ3n) is 4.58. The van der Waals surface area contributed by atoms with E-state index in [2.05, 4.69) is 4.98 Å². The number of anilines is 1. The van der Waals surface area contributed by atoms with E-state index in [1.807, 2.05) is 0 Å². The van der Waals surface area contributed by atoms with Crippen LogP contribution in [0.1, 0.15) is 54.6 Å². The van der Waals surface area contributed by atoms with Crippen LogP contribution in [-0.4, -0.2) is 29.3 Å². The van der Waals surface area contributed by atoms with Crippen molar-refractivity contribution in [1.29, 1.82) is 0 Å². The SMILES string of the molecule is Cc1ncc(N)cc1C(=O)OCC1CCC2(CCCC2)O1. The molecule has 5 heteroatoms. The normalized spacial score (nSPS) is 23.6. The van der Waals surface area contributed by atoms with Gasteiger partial charge in [-0.2, -0.15) is 0 Å². The van der Waals surface area contributed by atoms with Crippen LogP contribution in [0.5, 0.6) is 0 Å². The highest BCUT2D eigenvalue weighted by atomic mass is 16.6. The van der Waals surface area contributed by atoms with Crippen molar-refractivity contribution in [2.45, 2.75) is 57.2 Å². The second kappa shape index (κ2) is 5.64. The smallest absolute Gasteiger partial charge is 0.340 e. The summed E-state index contributed by atoms with van der Waals surface area (Å²) in [5.74, 6) is -0.372. The predicted octanol–water partition coefficient (Wildman–Crippen LogP) is 2.62. The minimum Gasteiger partial charge on any atom is -0.459 e. The Morgan fingerprint density at radius 2 is 2.24 bits per heavy atom. The zero-order valence-electron chi connectivity index (χ0n) is 12.4. The van der Waals surface area contributed by atoms with Gasteiger partial charge in [0.2, 0.25) is 0 Å². The number of carbonyl (C=O) groups excluding carboxylic acids is 1. The lowest BCUT2D eigenvalue weighted by Gasteiger charge is -2.23. The number of nitrogens with zero attached hydrogens (tertiary/aromatic N) is 1. The summed E-state index contributed by atoms with van der Waals surface area (Å²) in [5.41, 5.74) is 7.28. The minimum atomic E-state index is -0.372. The van der Waals surface area contributed by atoms with E-state index in [1.54, 1.807) is 13.0 Å². The molecule has 1 spiro atoms. The largest absolute Gasteiger partial charge is 0.459 e. The van der Waals surface area contributed by atoms with Crippen molar-refractivity contribution in [3.63, 3.8) is 0 Å². The van der Waals surface area contributed by atoms with Gasteiger partial charge >= 0.3 is 5.97 Å². The molecule has 0 amide bonds. The Kier molecular flexibility index (Phi) is 3.85. The minimum absolute atomic E-state index is 0.0291. The zero-order valence-corrected chi connectivity index (χ0v) is 12.4. The second-order valence-corrected chi connectivity index (χ2v) is 6.17. The van der Waals surface area contributed by atoms with E-state index in [1.165, 1.54) is 19.0 Å². The Morgan fingerprint density at radius 3 is 3.00 bits per heavy atom. The number of carbonyl (C=O) groups is 1. The molecule has 1 aromatic rings. The molecule has 5 nitrogen and oxygen atoms in total. The van der Waals surface area contributed by atoms with Gasteiger partial charge in [0.05, 0.1) is 34.8 Å². The molecule has 2 aliphatic rings. The van der Waals surface area contributed by atoms with Gasteiger partial charge in [0.15, 0.2) is 0 Å². The molecular formula is C16H22N2O3. The van der Waals surface area contributed by atoms with Crippen LogP contribution in [0, 0.1) is 6.92 Å². The fourth-order valence-corrected chi connectivity index (χ4v) is 3.40. The van der Waals surface area contributed by atoms with E-state index < -0.39 is 0 Å². The molecule has 1 aliphatic carbocycles. The highest BCUT2D eigenvalue weighted by molar-refractivity contribution is 5.91. The van der Waals surface area contributed by atoms with E-state index in [4.69, 9.17) is 15.2 Å². The van der Waals surface area contributed by atoms with Crippen molar-refractivity contribution in [1.82, 2.24) is 4.98 Å². The van der Waals surface area contributed by atoms with Crippen LogP contribution < -0.4 is 5.73 Å².